The van der Waals surface area contributed by atoms with Crippen molar-refractivity contribution in [3.63, 3.8) is 0 Å². The van der Waals surface area contributed by atoms with Crippen molar-refractivity contribution in [3.05, 3.63) is 28.2 Å². The molecule has 0 aromatic heterocycles. The van der Waals surface area contributed by atoms with Crippen molar-refractivity contribution in [2.24, 2.45) is 5.16 Å². The molecular formula is C12H13BrClNO2. The summed E-state index contributed by atoms with van der Waals surface area (Å²) in [4.78, 5) is 5.30. The zero-order valence-electron chi connectivity index (χ0n) is 9.61. The van der Waals surface area contributed by atoms with Crippen LogP contribution in [0.3, 0.4) is 0 Å². The third kappa shape index (κ3) is 2.75. The lowest BCUT2D eigenvalue weighted by atomic mass is 10.0. The predicted octanol–water partition coefficient (Wildman–Crippen LogP) is 3.58. The Hall–Kier alpha value is -0.740. The molecule has 0 bridgehead atoms. The maximum atomic E-state index is 6.00. The molecule has 17 heavy (non-hydrogen) atoms. The van der Waals surface area contributed by atoms with E-state index in [1.807, 2.05) is 25.1 Å². The van der Waals surface area contributed by atoms with Crippen LogP contribution in [0, 0.1) is 0 Å². The summed E-state index contributed by atoms with van der Waals surface area (Å²) >= 11 is 9.50. The Balaban J connectivity index is 2.24. The minimum absolute atomic E-state index is 0.0511. The smallest absolute Gasteiger partial charge is 0.149 e. The normalized spacial score (nSPS) is 20.7. The van der Waals surface area contributed by atoms with Crippen LogP contribution in [0.15, 0.2) is 27.8 Å². The van der Waals surface area contributed by atoms with Gasteiger partial charge in [0.05, 0.1) is 18.2 Å². The molecule has 2 atom stereocenters. The average molecular weight is 319 g/mol. The third-order valence-corrected chi connectivity index (χ3v) is 3.66. The monoisotopic (exact) mass is 317 g/mol. The largest absolute Gasteiger partial charge is 0.497 e. The predicted molar refractivity (Wildman–Crippen MR) is 72.0 cm³/mol. The summed E-state index contributed by atoms with van der Waals surface area (Å²) in [6.07, 6.45) is 0.668. The van der Waals surface area contributed by atoms with Crippen LogP contribution in [0.2, 0.25) is 0 Å². The van der Waals surface area contributed by atoms with Gasteiger partial charge in [-0.15, -0.1) is 11.6 Å². The number of benzene rings is 1. The Morgan fingerprint density at radius 3 is 2.94 bits per heavy atom. The van der Waals surface area contributed by atoms with Crippen LogP contribution in [-0.2, 0) is 4.84 Å². The van der Waals surface area contributed by atoms with Crippen LogP contribution in [0.5, 0.6) is 5.75 Å². The van der Waals surface area contributed by atoms with Gasteiger partial charge >= 0.3 is 0 Å². The second-order valence-electron chi connectivity index (χ2n) is 3.91. The number of ether oxygens (including phenoxy) is 1. The summed E-state index contributed by atoms with van der Waals surface area (Å²) in [6, 6.07) is 5.77. The number of oxime groups is 1. The van der Waals surface area contributed by atoms with Gasteiger partial charge in [-0.05, 0) is 25.1 Å². The van der Waals surface area contributed by atoms with Crippen LogP contribution >= 0.6 is 27.5 Å². The van der Waals surface area contributed by atoms with Gasteiger partial charge in [-0.25, -0.2) is 0 Å². The number of hydrogen-bond donors (Lipinski definition) is 0. The summed E-state index contributed by atoms with van der Waals surface area (Å²) < 4.78 is 6.18. The number of hydrogen-bond acceptors (Lipinski definition) is 3. The first kappa shape index (κ1) is 12.7. The zero-order chi connectivity index (χ0) is 12.4. The summed E-state index contributed by atoms with van der Waals surface area (Å²) in [7, 11) is 1.64. The van der Waals surface area contributed by atoms with Gasteiger partial charge in [-0.2, -0.15) is 0 Å². The molecule has 0 saturated heterocycles. The number of halogens is 2. The lowest BCUT2D eigenvalue weighted by Crippen LogP contribution is -2.18. The van der Waals surface area contributed by atoms with Gasteiger partial charge < -0.3 is 9.57 Å². The zero-order valence-corrected chi connectivity index (χ0v) is 12.0. The van der Waals surface area contributed by atoms with Crippen LogP contribution in [-0.4, -0.2) is 24.3 Å². The first-order chi connectivity index (χ1) is 8.11. The Kier molecular flexibility index (Phi) is 3.94. The molecule has 5 heteroatoms. The number of methoxy groups -OCH3 is 1. The van der Waals surface area contributed by atoms with Crippen LogP contribution in [0.4, 0.5) is 0 Å². The first-order valence-electron chi connectivity index (χ1n) is 5.32. The molecule has 3 nitrogen and oxygen atoms in total. The van der Waals surface area contributed by atoms with Gasteiger partial charge in [0.25, 0.3) is 0 Å². The molecule has 0 N–H and O–H groups in total. The van der Waals surface area contributed by atoms with E-state index in [1.165, 1.54) is 0 Å². The molecule has 1 aliphatic heterocycles. The summed E-state index contributed by atoms with van der Waals surface area (Å²) in [5.74, 6) is 0.799. The molecule has 2 rings (SSSR count). The Labute approximate surface area is 114 Å². The van der Waals surface area contributed by atoms with Crippen molar-refractivity contribution in [2.75, 3.05) is 7.11 Å². The fourth-order valence-electron chi connectivity index (χ4n) is 1.65. The standard InChI is InChI=1S/C12H13BrClNO2/c1-7(14)12-6-11(15-17-12)9-5-8(16-2)3-4-10(9)13/h3-5,7,12H,6H2,1-2H3. The Bertz CT molecular complexity index is 448. The highest BCUT2D eigenvalue weighted by molar-refractivity contribution is 9.10. The van der Waals surface area contributed by atoms with Crippen LogP contribution in [0.1, 0.15) is 18.9 Å². The maximum Gasteiger partial charge on any atom is 0.149 e. The van der Waals surface area contributed by atoms with Gasteiger partial charge in [0.1, 0.15) is 11.9 Å². The van der Waals surface area contributed by atoms with E-state index in [4.69, 9.17) is 21.2 Å². The van der Waals surface area contributed by atoms with Crippen molar-refractivity contribution < 1.29 is 9.57 Å². The van der Waals surface area contributed by atoms with E-state index in [0.29, 0.717) is 0 Å². The van der Waals surface area contributed by atoms with Crippen molar-refractivity contribution in [1.29, 1.82) is 0 Å². The minimum Gasteiger partial charge on any atom is -0.497 e. The van der Waals surface area contributed by atoms with E-state index >= 15 is 0 Å². The molecule has 0 aliphatic carbocycles. The minimum atomic E-state index is -0.0550. The number of nitrogens with zero attached hydrogens (tertiary/aromatic N) is 1. The molecule has 1 aromatic rings. The SMILES string of the molecule is COc1ccc(Br)c(C2=NOC(C(C)Cl)C2)c1. The van der Waals surface area contributed by atoms with E-state index in [9.17, 15) is 0 Å². The fourth-order valence-corrected chi connectivity index (χ4v) is 2.26. The second-order valence-corrected chi connectivity index (χ2v) is 5.45. The highest BCUT2D eigenvalue weighted by atomic mass is 79.9. The van der Waals surface area contributed by atoms with E-state index in [0.717, 1.165) is 27.9 Å². The fraction of sp³-hybridized carbons (Fsp3) is 0.417. The maximum absolute atomic E-state index is 6.00. The van der Waals surface area contributed by atoms with E-state index in [-0.39, 0.29) is 11.5 Å². The lowest BCUT2D eigenvalue weighted by Gasteiger charge is -2.09. The van der Waals surface area contributed by atoms with Gasteiger partial charge in [0, 0.05) is 16.5 Å². The van der Waals surface area contributed by atoms with Gasteiger partial charge in [-0.3, -0.25) is 0 Å². The number of alkyl halides is 1. The summed E-state index contributed by atoms with van der Waals surface area (Å²) in [5, 5.41) is 4.04. The molecule has 0 saturated carbocycles. The molecule has 92 valence electrons. The lowest BCUT2D eigenvalue weighted by molar-refractivity contribution is 0.0855. The third-order valence-electron chi connectivity index (χ3n) is 2.69. The van der Waals surface area contributed by atoms with Crippen molar-refractivity contribution >= 4 is 33.2 Å². The summed E-state index contributed by atoms with van der Waals surface area (Å²) in [6.45, 7) is 1.91. The highest BCUT2D eigenvalue weighted by Crippen LogP contribution is 2.28. The number of rotatable bonds is 3. The van der Waals surface area contributed by atoms with Gasteiger partial charge in [0.15, 0.2) is 0 Å². The van der Waals surface area contributed by atoms with Gasteiger partial charge in [0.2, 0.25) is 0 Å². The Morgan fingerprint density at radius 1 is 1.59 bits per heavy atom. The van der Waals surface area contributed by atoms with Crippen molar-refractivity contribution in [1.82, 2.24) is 0 Å². The average Bonchev–Trinajstić information content (AvgIpc) is 2.79. The molecule has 0 amide bonds. The quantitative estimate of drug-likeness (QED) is 0.798. The Morgan fingerprint density at radius 2 is 2.35 bits per heavy atom. The molecular weight excluding hydrogens is 305 g/mol. The molecule has 0 spiro atoms. The summed E-state index contributed by atoms with van der Waals surface area (Å²) in [5.41, 5.74) is 1.89. The molecule has 0 fully saturated rings. The van der Waals surface area contributed by atoms with Crippen LogP contribution in [0.25, 0.3) is 0 Å². The van der Waals surface area contributed by atoms with Crippen molar-refractivity contribution in [2.45, 2.75) is 24.8 Å². The van der Waals surface area contributed by atoms with Crippen molar-refractivity contribution in [3.8, 4) is 5.75 Å². The first-order valence-corrected chi connectivity index (χ1v) is 6.55. The highest BCUT2D eigenvalue weighted by Gasteiger charge is 2.27. The van der Waals surface area contributed by atoms with Crippen LogP contribution < -0.4 is 4.74 Å². The molecule has 1 aromatic carbocycles. The second kappa shape index (κ2) is 5.27. The molecule has 0 radical (unpaired) electrons. The van der Waals surface area contributed by atoms with E-state index in [2.05, 4.69) is 21.1 Å². The van der Waals surface area contributed by atoms with Gasteiger partial charge in [-0.1, -0.05) is 21.1 Å². The van der Waals surface area contributed by atoms with E-state index < -0.39 is 0 Å². The van der Waals surface area contributed by atoms with E-state index in [1.54, 1.807) is 7.11 Å². The molecule has 1 aliphatic rings. The molecule has 2 unspecified atom stereocenters. The topological polar surface area (TPSA) is 30.8 Å². The molecule has 1 heterocycles.